The van der Waals surface area contributed by atoms with Crippen LogP contribution < -0.4 is 5.32 Å². The van der Waals surface area contributed by atoms with Gasteiger partial charge in [0, 0.05) is 42.7 Å². The number of fused-ring (bicyclic) bond motifs is 5. The fourth-order valence-electron chi connectivity index (χ4n) is 8.12. The first kappa shape index (κ1) is 26.6. The van der Waals surface area contributed by atoms with Crippen molar-refractivity contribution in [3.05, 3.63) is 77.5 Å². The summed E-state index contributed by atoms with van der Waals surface area (Å²) in [5, 5.41) is 16.1. The molecule has 10 nitrogen and oxygen atoms in total. The maximum absolute atomic E-state index is 14.2. The van der Waals surface area contributed by atoms with Gasteiger partial charge in [-0.1, -0.05) is 48.5 Å². The van der Waals surface area contributed by atoms with Gasteiger partial charge in [-0.25, -0.2) is 0 Å². The number of carbonyl (C=O) groups is 3. The highest BCUT2D eigenvalue weighted by atomic mass is 16.7. The van der Waals surface area contributed by atoms with Gasteiger partial charge in [0.2, 0.25) is 17.5 Å². The lowest BCUT2D eigenvalue weighted by molar-refractivity contribution is -0.315. The van der Waals surface area contributed by atoms with Crippen LogP contribution in [0.1, 0.15) is 36.5 Å². The molecule has 3 aromatic rings. The lowest BCUT2D eigenvalue weighted by Gasteiger charge is -2.48. The molecule has 5 heterocycles. The van der Waals surface area contributed by atoms with Crippen molar-refractivity contribution >= 4 is 34.2 Å². The minimum absolute atomic E-state index is 0.144. The van der Waals surface area contributed by atoms with Gasteiger partial charge in [0.25, 0.3) is 11.8 Å². The van der Waals surface area contributed by atoms with Crippen LogP contribution in [0.4, 0.5) is 0 Å². The number of carbonyl (C=O) groups excluding carboxylic acids is 3. The Hall–Kier alpha value is -3.99. The average Bonchev–Trinajstić information content (AvgIpc) is 3.70. The van der Waals surface area contributed by atoms with Crippen molar-refractivity contribution in [2.45, 2.75) is 62.4 Å². The van der Waals surface area contributed by atoms with E-state index in [0.717, 1.165) is 28.6 Å². The molecule has 0 saturated carbocycles. The first-order valence-electron chi connectivity index (χ1n) is 15.1. The molecule has 2 aromatic carbocycles. The van der Waals surface area contributed by atoms with Crippen LogP contribution in [0, 0.1) is 5.92 Å². The van der Waals surface area contributed by atoms with Crippen LogP contribution in [0.5, 0.6) is 0 Å². The van der Waals surface area contributed by atoms with E-state index >= 15 is 0 Å². The van der Waals surface area contributed by atoms with Crippen molar-refractivity contribution in [1.29, 1.82) is 0 Å². The first-order valence-corrected chi connectivity index (χ1v) is 15.1. The molecule has 1 aliphatic carbocycles. The summed E-state index contributed by atoms with van der Waals surface area (Å²) < 4.78 is 6.23. The summed E-state index contributed by atoms with van der Waals surface area (Å²) >= 11 is 0. The van der Waals surface area contributed by atoms with E-state index in [1.807, 2.05) is 49.5 Å². The zero-order valence-electron chi connectivity index (χ0n) is 24.2. The quantitative estimate of drug-likeness (QED) is 0.434. The van der Waals surface area contributed by atoms with Crippen LogP contribution in [0.15, 0.2) is 60.8 Å². The monoisotopic (exact) mass is 581 g/mol. The standard InChI is InChI=1S/C33H35N5O5/c1-32(35-29(39)21-15-23-22-10-6-11-24-28(22)20(17-34-24)16-25(23)36(2)18-21)31(41)38-26(14-19-8-4-3-5-9-19)30(40)37-13-7-12-27(37)33(38,42)43-32/h3-6,8-11,15,17,21,25-27,34,42H,7,12-14,16,18H2,1-2H3,(H,35,39)/t21-,25-,26+,27+,32-,33+/m0/s1. The Morgan fingerprint density at radius 1 is 1.16 bits per heavy atom. The van der Waals surface area contributed by atoms with E-state index in [9.17, 15) is 19.5 Å². The van der Waals surface area contributed by atoms with E-state index in [1.165, 1.54) is 22.8 Å². The molecule has 10 heteroatoms. The van der Waals surface area contributed by atoms with Gasteiger partial charge < -0.3 is 20.3 Å². The fourth-order valence-corrected chi connectivity index (χ4v) is 8.12. The van der Waals surface area contributed by atoms with E-state index in [1.54, 1.807) is 4.90 Å². The number of hydrogen-bond acceptors (Lipinski definition) is 6. The Labute approximate surface area is 249 Å². The predicted octanol–water partition coefficient (Wildman–Crippen LogP) is 1.99. The third-order valence-corrected chi connectivity index (χ3v) is 10.1. The van der Waals surface area contributed by atoms with Crippen molar-refractivity contribution in [2.24, 2.45) is 5.92 Å². The second kappa shape index (κ2) is 9.25. The van der Waals surface area contributed by atoms with Crippen LogP contribution in [0.2, 0.25) is 0 Å². The number of likely N-dealkylation sites (N-methyl/N-ethyl adjacent to an activating group) is 1. The average molecular weight is 582 g/mol. The Kier molecular flexibility index (Phi) is 5.73. The van der Waals surface area contributed by atoms with Crippen molar-refractivity contribution in [1.82, 2.24) is 25.0 Å². The molecule has 1 aromatic heterocycles. The molecule has 3 N–H and O–H groups in total. The first-order chi connectivity index (χ1) is 20.7. The second-order valence-electron chi connectivity index (χ2n) is 12.8. The highest BCUT2D eigenvalue weighted by molar-refractivity contribution is 6.00. The summed E-state index contributed by atoms with van der Waals surface area (Å²) in [4.78, 5) is 50.2. The molecule has 0 unspecified atom stereocenters. The maximum Gasteiger partial charge on any atom is 0.280 e. The number of nitrogens with zero attached hydrogens (tertiary/aromatic N) is 3. The fraction of sp³-hybridized carbons (Fsp3) is 0.424. The van der Waals surface area contributed by atoms with Crippen molar-refractivity contribution in [3.63, 3.8) is 0 Å². The molecule has 5 aliphatic rings. The number of aliphatic hydroxyl groups is 1. The van der Waals surface area contributed by atoms with Crippen molar-refractivity contribution < 1.29 is 24.2 Å². The van der Waals surface area contributed by atoms with Crippen molar-refractivity contribution in [2.75, 3.05) is 20.1 Å². The molecule has 8 rings (SSSR count). The number of rotatable bonds is 4. The number of amides is 3. The van der Waals surface area contributed by atoms with Gasteiger partial charge in [-0.15, -0.1) is 0 Å². The predicted molar refractivity (Wildman–Crippen MR) is 158 cm³/mol. The molecule has 3 fully saturated rings. The third kappa shape index (κ3) is 3.79. The summed E-state index contributed by atoms with van der Waals surface area (Å²) in [5.74, 6) is -3.77. The molecular weight excluding hydrogens is 546 g/mol. The summed E-state index contributed by atoms with van der Waals surface area (Å²) in [5.41, 5.74) is 3.58. The number of piperazine rings is 1. The summed E-state index contributed by atoms with van der Waals surface area (Å²) in [7, 11) is 2.02. The minimum Gasteiger partial charge on any atom is -0.361 e. The smallest absolute Gasteiger partial charge is 0.280 e. The number of benzene rings is 2. The van der Waals surface area contributed by atoms with Gasteiger partial charge in [0.05, 0.1) is 5.92 Å². The van der Waals surface area contributed by atoms with Gasteiger partial charge in [0.15, 0.2) is 0 Å². The molecule has 222 valence electrons. The zero-order valence-corrected chi connectivity index (χ0v) is 24.2. The summed E-state index contributed by atoms with van der Waals surface area (Å²) in [6, 6.07) is 14.1. The van der Waals surface area contributed by atoms with E-state index in [4.69, 9.17) is 4.74 Å². The normalized spacial score (nSPS) is 33.3. The Morgan fingerprint density at radius 3 is 2.79 bits per heavy atom. The molecule has 43 heavy (non-hydrogen) atoms. The second-order valence-corrected chi connectivity index (χ2v) is 12.8. The van der Waals surface area contributed by atoms with Gasteiger partial charge in [0.1, 0.15) is 12.1 Å². The minimum atomic E-state index is -2.04. The summed E-state index contributed by atoms with van der Waals surface area (Å²) in [6.45, 7) is 2.45. The molecule has 0 radical (unpaired) electrons. The number of nitrogens with one attached hydrogen (secondary N) is 2. The van der Waals surface area contributed by atoms with Crippen LogP contribution in [-0.2, 0) is 32.0 Å². The van der Waals surface area contributed by atoms with Gasteiger partial charge in [-0.3, -0.25) is 28.9 Å². The molecule has 6 atom stereocenters. The SMILES string of the molecule is CN1C[C@@H](C(=O)N[C@@]2(C)O[C@]3(O)[C@H]4CCCN4C(=O)[C@@H](Cc4ccccc4)N3C2=O)C=C2c3cccc4[nH]cc(c34)C[C@@H]21. The van der Waals surface area contributed by atoms with E-state index in [0.29, 0.717) is 25.9 Å². The van der Waals surface area contributed by atoms with Crippen LogP contribution >= 0.6 is 0 Å². The molecule has 0 bridgehead atoms. The van der Waals surface area contributed by atoms with E-state index in [2.05, 4.69) is 33.5 Å². The largest absolute Gasteiger partial charge is 0.361 e. The third-order valence-electron chi connectivity index (χ3n) is 10.1. The molecular formula is C33H35N5O5. The van der Waals surface area contributed by atoms with E-state index < -0.39 is 35.5 Å². The Morgan fingerprint density at radius 2 is 1.98 bits per heavy atom. The zero-order chi connectivity index (χ0) is 29.7. The number of H-pyrrole nitrogens is 1. The lowest BCUT2D eigenvalue weighted by Crippen LogP contribution is -2.71. The highest BCUT2D eigenvalue weighted by Gasteiger charge is 2.70. The van der Waals surface area contributed by atoms with Gasteiger partial charge in [-0.2, -0.15) is 0 Å². The summed E-state index contributed by atoms with van der Waals surface area (Å²) in [6.07, 6.45) is 6.38. The molecule has 3 amide bonds. The van der Waals surface area contributed by atoms with E-state index in [-0.39, 0.29) is 24.3 Å². The topological polar surface area (TPSA) is 118 Å². The number of aromatic nitrogens is 1. The Bertz CT molecular complexity index is 1700. The molecule has 0 spiro atoms. The number of ether oxygens (including phenoxy) is 1. The van der Waals surface area contributed by atoms with Gasteiger partial charge >= 0.3 is 0 Å². The maximum atomic E-state index is 14.2. The number of aromatic amines is 1. The highest BCUT2D eigenvalue weighted by Crippen LogP contribution is 2.46. The van der Waals surface area contributed by atoms with Crippen LogP contribution in [0.3, 0.4) is 0 Å². The molecule has 4 aliphatic heterocycles. The number of hydrogen-bond donors (Lipinski definition) is 3. The van der Waals surface area contributed by atoms with Crippen LogP contribution in [0.25, 0.3) is 16.5 Å². The molecule has 3 saturated heterocycles. The van der Waals surface area contributed by atoms with Crippen molar-refractivity contribution in [3.8, 4) is 0 Å². The Balaban J connectivity index is 1.11. The van der Waals surface area contributed by atoms with Crippen LogP contribution in [-0.4, -0.2) is 92.4 Å². The lowest BCUT2D eigenvalue weighted by atomic mass is 9.79. The van der Waals surface area contributed by atoms with Gasteiger partial charge in [-0.05, 0) is 61.6 Å².